The van der Waals surface area contributed by atoms with Crippen molar-refractivity contribution in [2.24, 2.45) is 5.92 Å². The molecule has 5 N–H and O–H groups in total. The van der Waals surface area contributed by atoms with Gasteiger partial charge in [0, 0.05) is 11.5 Å². The largest absolute Gasteiger partial charge is 0.504 e. The fourth-order valence-corrected chi connectivity index (χ4v) is 4.50. The Morgan fingerprint density at radius 2 is 1.82 bits per heavy atom. The molecule has 1 aromatic rings. The number of ether oxygens (including phenoxy) is 6. The summed E-state index contributed by atoms with van der Waals surface area (Å²) in [4.78, 5) is 25.3. The summed E-state index contributed by atoms with van der Waals surface area (Å²) in [5, 5.41) is 51.1. The van der Waals surface area contributed by atoms with Gasteiger partial charge in [-0.2, -0.15) is 0 Å². The molecule has 0 radical (unpaired) electrons. The second-order valence-corrected chi connectivity index (χ2v) is 8.98. The molecule has 2 fully saturated rings. The smallest absolute Gasteiger partial charge is 0.337 e. The van der Waals surface area contributed by atoms with Crippen molar-refractivity contribution >= 4 is 11.9 Å². The summed E-state index contributed by atoms with van der Waals surface area (Å²) in [5.74, 6) is -3.13. The van der Waals surface area contributed by atoms with Crippen LogP contribution in [0.4, 0.5) is 0 Å². The summed E-state index contributed by atoms with van der Waals surface area (Å²) in [6, 6.07) is 3.89. The molecule has 38 heavy (non-hydrogen) atoms. The Morgan fingerprint density at radius 1 is 1.05 bits per heavy atom. The lowest BCUT2D eigenvalue weighted by Gasteiger charge is -2.42. The van der Waals surface area contributed by atoms with E-state index >= 15 is 0 Å². The molecule has 13 heteroatoms. The molecule has 0 aliphatic carbocycles. The lowest BCUT2D eigenvalue weighted by molar-refractivity contribution is -0.330. The Hall–Kier alpha value is -3.20. The standard InChI is InChI=1S/C25H30O13/c1-3-12-13-7-19(28)35-9-17(11-4-5-15(26)16(27)6-11)34-10-18-20(29)21(30)22(31)25(37-18)38-24(12)36-8-14(13)23(32)33-2/h3-6,8,13,17-18,20-22,24-27,29-31H,7,9-10H2,1-2H3/t13-,17+,18+,20+,21-,22+,24-,25-/m0/s1. The van der Waals surface area contributed by atoms with E-state index in [0.717, 1.165) is 6.26 Å². The Balaban J connectivity index is 1.70. The van der Waals surface area contributed by atoms with Crippen LogP contribution in [0.5, 0.6) is 11.5 Å². The average molecular weight is 539 g/mol. The van der Waals surface area contributed by atoms with Crippen LogP contribution in [-0.4, -0.2) is 94.8 Å². The first-order chi connectivity index (χ1) is 18.1. The van der Waals surface area contributed by atoms with E-state index in [2.05, 4.69) is 0 Å². The van der Waals surface area contributed by atoms with Gasteiger partial charge in [0.05, 0.1) is 32.0 Å². The van der Waals surface area contributed by atoms with E-state index in [0.29, 0.717) is 11.1 Å². The Morgan fingerprint density at radius 3 is 2.50 bits per heavy atom. The number of aliphatic hydroxyl groups excluding tert-OH is 3. The van der Waals surface area contributed by atoms with E-state index in [1.165, 1.54) is 25.3 Å². The maximum absolute atomic E-state index is 12.9. The molecule has 0 spiro atoms. The van der Waals surface area contributed by atoms with Crippen LogP contribution in [0.25, 0.3) is 0 Å². The number of fused-ring (bicyclic) bond motifs is 4. The highest BCUT2D eigenvalue weighted by Gasteiger charge is 2.47. The van der Waals surface area contributed by atoms with Gasteiger partial charge in [-0.15, -0.1) is 0 Å². The molecule has 4 rings (SSSR count). The first kappa shape index (κ1) is 27.8. The minimum absolute atomic E-state index is 0.0270. The quantitative estimate of drug-likeness (QED) is 0.191. The van der Waals surface area contributed by atoms with E-state index < -0.39 is 66.7 Å². The highest BCUT2D eigenvalue weighted by Crippen LogP contribution is 2.37. The van der Waals surface area contributed by atoms with Gasteiger partial charge in [0.15, 0.2) is 17.8 Å². The van der Waals surface area contributed by atoms with Crippen LogP contribution >= 0.6 is 0 Å². The molecule has 8 atom stereocenters. The Kier molecular flexibility index (Phi) is 8.55. The molecule has 13 nitrogen and oxygen atoms in total. The molecule has 2 saturated heterocycles. The van der Waals surface area contributed by atoms with Gasteiger partial charge in [-0.1, -0.05) is 12.1 Å². The third kappa shape index (κ3) is 5.62. The van der Waals surface area contributed by atoms with Crippen LogP contribution in [-0.2, 0) is 38.0 Å². The first-order valence-corrected chi connectivity index (χ1v) is 11.9. The number of hydrogen-bond acceptors (Lipinski definition) is 13. The molecule has 4 bridgehead atoms. The number of aliphatic hydroxyl groups is 3. The number of cyclic esters (lactones) is 1. The van der Waals surface area contributed by atoms with Crippen LogP contribution in [0.2, 0.25) is 0 Å². The second-order valence-electron chi connectivity index (χ2n) is 8.98. The van der Waals surface area contributed by atoms with Gasteiger partial charge in [-0.25, -0.2) is 4.79 Å². The van der Waals surface area contributed by atoms with Crippen LogP contribution in [0.1, 0.15) is 25.0 Å². The summed E-state index contributed by atoms with van der Waals surface area (Å²) < 4.78 is 33.2. The molecule has 3 heterocycles. The van der Waals surface area contributed by atoms with Crippen LogP contribution in [0.15, 0.2) is 41.7 Å². The van der Waals surface area contributed by atoms with E-state index in [9.17, 15) is 35.1 Å². The second kappa shape index (κ2) is 11.7. The van der Waals surface area contributed by atoms with E-state index in [1.54, 1.807) is 13.0 Å². The van der Waals surface area contributed by atoms with Crippen molar-refractivity contribution in [2.75, 3.05) is 20.3 Å². The number of methoxy groups -OCH3 is 1. The number of carbonyl (C=O) groups is 2. The van der Waals surface area contributed by atoms with Crippen molar-refractivity contribution in [1.29, 1.82) is 0 Å². The van der Waals surface area contributed by atoms with Crippen LogP contribution in [0.3, 0.4) is 0 Å². The highest BCUT2D eigenvalue weighted by atomic mass is 16.8. The summed E-state index contributed by atoms with van der Waals surface area (Å²) in [6.45, 7) is 0.954. The van der Waals surface area contributed by atoms with E-state index in [1.807, 2.05) is 0 Å². The number of allylic oxidation sites excluding steroid dienone is 1. The van der Waals surface area contributed by atoms with Crippen LogP contribution in [0, 0.1) is 5.92 Å². The van der Waals surface area contributed by atoms with Gasteiger partial charge in [0.1, 0.15) is 37.1 Å². The zero-order valence-corrected chi connectivity index (χ0v) is 20.6. The summed E-state index contributed by atoms with van der Waals surface area (Å²) in [6.07, 6.45) is -7.44. The molecule has 0 aromatic heterocycles. The molecule has 208 valence electrons. The van der Waals surface area contributed by atoms with Crippen molar-refractivity contribution < 1.29 is 63.5 Å². The summed E-state index contributed by atoms with van der Waals surface area (Å²) in [5.41, 5.74) is 0.694. The minimum atomic E-state index is -1.67. The lowest BCUT2D eigenvalue weighted by atomic mass is 9.86. The van der Waals surface area contributed by atoms with Crippen molar-refractivity contribution in [3.05, 3.63) is 47.2 Å². The predicted molar refractivity (Wildman–Crippen MR) is 124 cm³/mol. The number of benzene rings is 1. The van der Waals surface area contributed by atoms with Gasteiger partial charge in [-0.05, 0) is 24.6 Å². The van der Waals surface area contributed by atoms with Crippen molar-refractivity contribution in [3.63, 3.8) is 0 Å². The van der Waals surface area contributed by atoms with Gasteiger partial charge < -0.3 is 54.0 Å². The maximum atomic E-state index is 12.9. The number of aromatic hydroxyl groups is 2. The molecule has 0 saturated carbocycles. The number of rotatable bonds is 2. The fraction of sp³-hybridized carbons (Fsp3) is 0.520. The van der Waals surface area contributed by atoms with Gasteiger partial charge in [0.2, 0.25) is 6.29 Å². The third-order valence-electron chi connectivity index (χ3n) is 6.65. The normalized spacial score (nSPS) is 35.3. The van der Waals surface area contributed by atoms with Crippen molar-refractivity contribution in [3.8, 4) is 11.5 Å². The number of esters is 2. The topological polar surface area (TPSA) is 191 Å². The zero-order chi connectivity index (χ0) is 27.6. The van der Waals surface area contributed by atoms with Crippen molar-refractivity contribution in [1.82, 2.24) is 0 Å². The number of carbonyl (C=O) groups excluding carboxylic acids is 2. The highest BCUT2D eigenvalue weighted by molar-refractivity contribution is 5.90. The molecule has 3 aliphatic rings. The molecular weight excluding hydrogens is 508 g/mol. The monoisotopic (exact) mass is 538 g/mol. The minimum Gasteiger partial charge on any atom is -0.504 e. The van der Waals surface area contributed by atoms with E-state index in [4.69, 9.17) is 28.4 Å². The van der Waals surface area contributed by atoms with Gasteiger partial charge >= 0.3 is 11.9 Å². The third-order valence-corrected chi connectivity index (χ3v) is 6.65. The zero-order valence-electron chi connectivity index (χ0n) is 20.6. The SMILES string of the molecule is CC=C1[C@H]2OC=C(C(=O)OC)[C@H]1CC(=O)OC[C@H](c1ccc(O)c(O)c1)OC[C@H]1O[C@@H](O2)[C@H](O)[C@@H](O)[C@@H]1O. The van der Waals surface area contributed by atoms with Gasteiger partial charge in [-0.3, -0.25) is 4.79 Å². The van der Waals surface area contributed by atoms with E-state index in [-0.39, 0.29) is 31.0 Å². The lowest BCUT2D eigenvalue weighted by Crippen LogP contribution is -2.60. The molecule has 0 unspecified atom stereocenters. The molecule has 0 amide bonds. The Bertz CT molecular complexity index is 1100. The fourth-order valence-electron chi connectivity index (χ4n) is 4.50. The first-order valence-electron chi connectivity index (χ1n) is 11.9. The van der Waals surface area contributed by atoms with Crippen molar-refractivity contribution in [2.45, 2.75) is 56.4 Å². The number of phenols is 2. The number of hydrogen-bond donors (Lipinski definition) is 5. The predicted octanol–water partition coefficient (Wildman–Crippen LogP) is -0.0977. The molecule has 1 aromatic carbocycles. The summed E-state index contributed by atoms with van der Waals surface area (Å²) >= 11 is 0. The summed E-state index contributed by atoms with van der Waals surface area (Å²) in [7, 11) is 1.18. The maximum Gasteiger partial charge on any atom is 0.337 e. The Labute approximate surface area is 217 Å². The molecule has 3 aliphatic heterocycles. The average Bonchev–Trinajstić information content (AvgIpc) is 2.90. The number of phenolic OH excluding ortho intramolecular Hbond substituents is 2. The molecular formula is C25H30O13. The van der Waals surface area contributed by atoms with Gasteiger partial charge in [0.25, 0.3) is 0 Å². The van der Waals surface area contributed by atoms with Crippen LogP contribution < -0.4 is 0 Å².